The standard InChI is InChI=1S/C17H35N3O7/c1-14(2)15(3)19-16(21)12-26-10-8-24-6-4-23-5-7-25-9-11-27-13-17(22)20-18/h14-15H,4-13,18H2,1-3H3,(H,19,21)(H,20,22). The van der Waals surface area contributed by atoms with Gasteiger partial charge in [-0.1, -0.05) is 13.8 Å². The molecule has 0 spiro atoms. The SMILES string of the molecule is CC(C)C(C)NC(=O)COCCOCCOCCOCCOCC(=O)NN. The summed E-state index contributed by atoms with van der Waals surface area (Å²) in [5.74, 6) is 4.79. The van der Waals surface area contributed by atoms with Gasteiger partial charge in [-0.2, -0.15) is 0 Å². The van der Waals surface area contributed by atoms with E-state index < -0.39 is 0 Å². The van der Waals surface area contributed by atoms with Crippen molar-refractivity contribution in [2.24, 2.45) is 11.8 Å². The Kier molecular flexibility index (Phi) is 17.2. The summed E-state index contributed by atoms with van der Waals surface area (Å²) >= 11 is 0. The largest absolute Gasteiger partial charge is 0.377 e. The van der Waals surface area contributed by atoms with Crippen molar-refractivity contribution in [3.05, 3.63) is 0 Å². The number of hydrogen-bond acceptors (Lipinski definition) is 8. The van der Waals surface area contributed by atoms with Gasteiger partial charge in [-0.05, 0) is 12.8 Å². The zero-order chi connectivity index (χ0) is 20.3. The first-order valence-corrected chi connectivity index (χ1v) is 9.14. The molecule has 160 valence electrons. The number of hydrogen-bond donors (Lipinski definition) is 3. The van der Waals surface area contributed by atoms with E-state index in [-0.39, 0.29) is 31.1 Å². The zero-order valence-corrected chi connectivity index (χ0v) is 16.7. The molecule has 1 unspecified atom stereocenters. The minimum atomic E-state index is -0.382. The van der Waals surface area contributed by atoms with Gasteiger partial charge in [-0.3, -0.25) is 15.0 Å². The molecule has 0 aromatic heterocycles. The van der Waals surface area contributed by atoms with Gasteiger partial charge in [0.2, 0.25) is 5.91 Å². The molecule has 0 rings (SSSR count). The van der Waals surface area contributed by atoms with Crippen LogP contribution in [0.2, 0.25) is 0 Å². The van der Waals surface area contributed by atoms with Crippen LogP contribution < -0.4 is 16.6 Å². The summed E-state index contributed by atoms with van der Waals surface area (Å²) in [4.78, 5) is 22.3. The zero-order valence-electron chi connectivity index (χ0n) is 16.7. The number of ether oxygens (including phenoxy) is 5. The highest BCUT2D eigenvalue weighted by Crippen LogP contribution is 1.99. The Labute approximate surface area is 161 Å². The van der Waals surface area contributed by atoms with Crippen LogP contribution in [0.15, 0.2) is 0 Å². The minimum absolute atomic E-state index is 0.0366. The number of amides is 2. The molecular weight excluding hydrogens is 358 g/mol. The van der Waals surface area contributed by atoms with Crippen LogP contribution in [0, 0.1) is 5.92 Å². The lowest BCUT2D eigenvalue weighted by Crippen LogP contribution is -2.38. The maximum absolute atomic E-state index is 11.6. The van der Waals surface area contributed by atoms with Gasteiger partial charge >= 0.3 is 0 Å². The van der Waals surface area contributed by atoms with E-state index in [0.29, 0.717) is 58.8 Å². The lowest BCUT2D eigenvalue weighted by atomic mass is 10.1. The van der Waals surface area contributed by atoms with Gasteiger partial charge in [0.05, 0.1) is 52.9 Å². The van der Waals surface area contributed by atoms with Crippen LogP contribution in [0.3, 0.4) is 0 Å². The van der Waals surface area contributed by atoms with Crippen molar-refractivity contribution >= 4 is 11.8 Å². The van der Waals surface area contributed by atoms with Gasteiger partial charge in [0.25, 0.3) is 5.91 Å². The van der Waals surface area contributed by atoms with E-state index in [2.05, 4.69) is 5.32 Å². The molecule has 0 bridgehead atoms. The summed E-state index contributed by atoms with van der Waals surface area (Å²) in [5, 5.41) is 2.87. The maximum Gasteiger partial charge on any atom is 0.259 e. The Morgan fingerprint density at radius 3 is 1.44 bits per heavy atom. The first kappa shape index (κ1) is 25.7. The average Bonchev–Trinajstić information content (AvgIpc) is 2.64. The quantitative estimate of drug-likeness (QED) is 0.120. The molecule has 10 heteroatoms. The van der Waals surface area contributed by atoms with Gasteiger partial charge in [-0.15, -0.1) is 0 Å². The molecule has 1 atom stereocenters. The predicted molar refractivity (Wildman–Crippen MR) is 98.9 cm³/mol. The van der Waals surface area contributed by atoms with E-state index in [1.165, 1.54) is 0 Å². The number of rotatable bonds is 18. The van der Waals surface area contributed by atoms with Crippen LogP contribution in [0.5, 0.6) is 0 Å². The minimum Gasteiger partial charge on any atom is -0.377 e. The third-order valence-electron chi connectivity index (χ3n) is 3.50. The van der Waals surface area contributed by atoms with Gasteiger partial charge in [0.1, 0.15) is 13.2 Å². The average molecular weight is 393 g/mol. The van der Waals surface area contributed by atoms with Crippen LogP contribution >= 0.6 is 0 Å². The molecule has 0 aromatic rings. The van der Waals surface area contributed by atoms with E-state index in [1.807, 2.05) is 26.2 Å². The highest BCUT2D eigenvalue weighted by Gasteiger charge is 2.10. The topological polar surface area (TPSA) is 130 Å². The van der Waals surface area contributed by atoms with Crippen molar-refractivity contribution in [2.45, 2.75) is 26.8 Å². The van der Waals surface area contributed by atoms with Gasteiger partial charge in [0.15, 0.2) is 0 Å². The Hall–Kier alpha value is -1.30. The van der Waals surface area contributed by atoms with Crippen molar-refractivity contribution in [3.63, 3.8) is 0 Å². The smallest absolute Gasteiger partial charge is 0.259 e. The normalized spacial score (nSPS) is 12.2. The lowest BCUT2D eigenvalue weighted by Gasteiger charge is -2.17. The first-order valence-electron chi connectivity index (χ1n) is 9.14. The van der Waals surface area contributed by atoms with Crippen LogP contribution in [-0.2, 0) is 33.3 Å². The van der Waals surface area contributed by atoms with Crippen molar-refractivity contribution in [2.75, 3.05) is 66.1 Å². The highest BCUT2D eigenvalue weighted by atomic mass is 16.6. The molecule has 0 aromatic carbocycles. The number of carbonyl (C=O) groups is 2. The molecule has 10 nitrogen and oxygen atoms in total. The molecule has 4 N–H and O–H groups in total. The van der Waals surface area contributed by atoms with E-state index in [4.69, 9.17) is 29.5 Å². The van der Waals surface area contributed by atoms with Crippen molar-refractivity contribution in [1.29, 1.82) is 0 Å². The molecule has 2 amide bonds. The number of carbonyl (C=O) groups excluding carboxylic acids is 2. The summed E-state index contributed by atoms with van der Waals surface area (Å²) in [7, 11) is 0. The van der Waals surface area contributed by atoms with Crippen molar-refractivity contribution in [3.8, 4) is 0 Å². The molecule has 0 aliphatic rings. The molecule has 0 aliphatic heterocycles. The van der Waals surface area contributed by atoms with E-state index in [0.717, 1.165) is 0 Å². The molecule has 0 heterocycles. The number of nitrogens with two attached hydrogens (primary N) is 1. The number of nitrogens with one attached hydrogen (secondary N) is 2. The molecule has 0 fully saturated rings. The Bertz CT molecular complexity index is 384. The molecule has 0 saturated heterocycles. The Balaban J connectivity index is 3.21. The number of hydrazine groups is 1. The predicted octanol–water partition coefficient (Wildman–Crippen LogP) is -0.780. The fraction of sp³-hybridized carbons (Fsp3) is 0.882. The molecule has 27 heavy (non-hydrogen) atoms. The van der Waals surface area contributed by atoms with Crippen molar-refractivity contribution in [1.82, 2.24) is 10.7 Å². The van der Waals surface area contributed by atoms with Crippen molar-refractivity contribution < 1.29 is 33.3 Å². The van der Waals surface area contributed by atoms with Gasteiger partial charge < -0.3 is 29.0 Å². The van der Waals surface area contributed by atoms with Crippen LogP contribution in [0.1, 0.15) is 20.8 Å². The Morgan fingerprint density at radius 2 is 1.07 bits per heavy atom. The van der Waals surface area contributed by atoms with Gasteiger partial charge in [-0.25, -0.2) is 5.84 Å². The summed E-state index contributed by atoms with van der Waals surface area (Å²) in [5.41, 5.74) is 1.96. The fourth-order valence-electron chi connectivity index (χ4n) is 1.61. The van der Waals surface area contributed by atoms with Crippen LogP contribution in [-0.4, -0.2) is 83.9 Å². The molecular formula is C17H35N3O7. The monoisotopic (exact) mass is 393 g/mol. The van der Waals surface area contributed by atoms with Gasteiger partial charge in [0, 0.05) is 6.04 Å². The maximum atomic E-state index is 11.6. The second kappa shape index (κ2) is 18.1. The third-order valence-corrected chi connectivity index (χ3v) is 3.50. The van der Waals surface area contributed by atoms with E-state index in [1.54, 1.807) is 0 Å². The molecule has 0 aliphatic carbocycles. The summed E-state index contributed by atoms with van der Waals surface area (Å²) in [6, 6.07) is 0.128. The third kappa shape index (κ3) is 17.9. The molecule has 0 saturated carbocycles. The van der Waals surface area contributed by atoms with E-state index in [9.17, 15) is 9.59 Å². The summed E-state index contributed by atoms with van der Waals surface area (Å²) in [6.45, 7) is 9.22. The second-order valence-corrected chi connectivity index (χ2v) is 6.11. The second-order valence-electron chi connectivity index (χ2n) is 6.11. The molecule has 0 radical (unpaired) electrons. The summed E-state index contributed by atoms with van der Waals surface area (Å²) in [6.07, 6.45) is 0. The van der Waals surface area contributed by atoms with Crippen LogP contribution in [0.25, 0.3) is 0 Å². The van der Waals surface area contributed by atoms with Crippen LogP contribution in [0.4, 0.5) is 0 Å². The van der Waals surface area contributed by atoms with E-state index >= 15 is 0 Å². The fourth-order valence-corrected chi connectivity index (χ4v) is 1.61. The Morgan fingerprint density at radius 1 is 0.704 bits per heavy atom. The first-order chi connectivity index (χ1) is 13.0. The lowest BCUT2D eigenvalue weighted by molar-refractivity contribution is -0.127. The highest BCUT2D eigenvalue weighted by molar-refractivity contribution is 5.77. The summed E-state index contributed by atoms with van der Waals surface area (Å²) < 4.78 is 26.2.